The molecule has 8 heteroatoms. The Morgan fingerprint density at radius 3 is 2.44 bits per heavy atom. The van der Waals surface area contributed by atoms with Crippen molar-refractivity contribution in [2.75, 3.05) is 11.4 Å². The van der Waals surface area contributed by atoms with Crippen LogP contribution in [-0.2, 0) is 17.4 Å². The average Bonchev–Trinajstić information content (AvgIpc) is 2.98. The van der Waals surface area contributed by atoms with Crippen molar-refractivity contribution in [3.8, 4) is 0 Å². The van der Waals surface area contributed by atoms with Gasteiger partial charge in [0.1, 0.15) is 0 Å². The Morgan fingerprint density at radius 2 is 1.84 bits per heavy atom. The first-order chi connectivity index (χ1) is 11.8. The molecule has 1 fully saturated rings. The second kappa shape index (κ2) is 6.57. The van der Waals surface area contributed by atoms with Crippen LogP contribution in [0, 0.1) is 5.92 Å². The maximum Gasteiger partial charge on any atom is 0.416 e. The molecule has 25 heavy (non-hydrogen) atoms. The van der Waals surface area contributed by atoms with Gasteiger partial charge in [0, 0.05) is 18.3 Å². The van der Waals surface area contributed by atoms with Gasteiger partial charge in [-0.2, -0.15) is 13.2 Å². The van der Waals surface area contributed by atoms with Gasteiger partial charge in [-0.3, -0.25) is 9.69 Å². The van der Waals surface area contributed by atoms with Crippen LogP contribution >= 0.6 is 0 Å². The molecular formula is C17H19F3N2O3. The number of hydrogen-bond acceptors (Lipinski definition) is 2. The van der Waals surface area contributed by atoms with Crippen LogP contribution in [0.4, 0.5) is 23.7 Å². The molecular weight excluding hydrogens is 337 g/mol. The van der Waals surface area contributed by atoms with E-state index in [0.717, 1.165) is 6.07 Å². The standard InChI is InChI=1S/C17H19F3N2O3/c18-17(19,20)13-2-1-3-14-12(13)8-9-22(14)16(25)21-11-6-4-10(5-7-11)15(23)24/h1-3,10-11H,4-9H2,(H,21,25)(H,23,24). The minimum Gasteiger partial charge on any atom is -0.481 e. The number of fused-ring (bicyclic) bond motifs is 1. The fourth-order valence-electron chi connectivity index (χ4n) is 3.65. The molecule has 1 aromatic rings. The van der Waals surface area contributed by atoms with Crippen LogP contribution in [0.5, 0.6) is 0 Å². The van der Waals surface area contributed by atoms with Crippen LogP contribution in [0.15, 0.2) is 18.2 Å². The number of anilines is 1. The number of alkyl halides is 3. The quantitative estimate of drug-likeness (QED) is 0.853. The van der Waals surface area contributed by atoms with Gasteiger partial charge in [-0.05, 0) is 49.8 Å². The summed E-state index contributed by atoms with van der Waals surface area (Å²) in [6.45, 7) is 0.207. The molecule has 1 aliphatic carbocycles. The van der Waals surface area contributed by atoms with Crippen molar-refractivity contribution in [2.24, 2.45) is 5.92 Å². The largest absolute Gasteiger partial charge is 0.481 e. The van der Waals surface area contributed by atoms with Crippen LogP contribution in [0.25, 0.3) is 0 Å². The summed E-state index contributed by atoms with van der Waals surface area (Å²) in [5, 5.41) is 11.8. The summed E-state index contributed by atoms with van der Waals surface area (Å²) in [6.07, 6.45) is -2.15. The Bertz CT molecular complexity index is 682. The van der Waals surface area contributed by atoms with Crippen molar-refractivity contribution in [1.82, 2.24) is 5.32 Å². The fourth-order valence-corrected chi connectivity index (χ4v) is 3.65. The normalized spacial score (nSPS) is 23.2. The summed E-state index contributed by atoms with van der Waals surface area (Å²) in [6, 6.07) is 3.31. The minimum absolute atomic E-state index is 0.141. The molecule has 1 aromatic carbocycles. The predicted octanol–water partition coefficient (Wildman–Crippen LogP) is 3.42. The highest BCUT2D eigenvalue weighted by Gasteiger charge is 2.38. The van der Waals surface area contributed by atoms with Crippen molar-refractivity contribution in [3.63, 3.8) is 0 Å². The van der Waals surface area contributed by atoms with Crippen molar-refractivity contribution in [3.05, 3.63) is 29.3 Å². The number of halogens is 3. The zero-order valence-corrected chi connectivity index (χ0v) is 13.5. The molecule has 0 spiro atoms. The molecule has 2 amide bonds. The number of nitrogens with one attached hydrogen (secondary N) is 1. The topological polar surface area (TPSA) is 69.6 Å². The van der Waals surface area contributed by atoms with E-state index in [1.807, 2.05) is 0 Å². The molecule has 1 heterocycles. The lowest BCUT2D eigenvalue weighted by atomic mass is 9.86. The van der Waals surface area contributed by atoms with Gasteiger partial charge in [0.15, 0.2) is 0 Å². The van der Waals surface area contributed by atoms with Gasteiger partial charge in [0.25, 0.3) is 0 Å². The third-order valence-electron chi connectivity index (χ3n) is 4.98. The number of aliphatic carboxylic acids is 1. The summed E-state index contributed by atoms with van der Waals surface area (Å²) < 4.78 is 39.2. The maximum absolute atomic E-state index is 13.1. The Kier molecular flexibility index (Phi) is 4.62. The van der Waals surface area contributed by atoms with Crippen LogP contribution in [0.2, 0.25) is 0 Å². The van der Waals surface area contributed by atoms with E-state index in [1.54, 1.807) is 0 Å². The molecule has 1 aliphatic heterocycles. The van der Waals surface area contributed by atoms with Gasteiger partial charge in [-0.1, -0.05) is 6.07 Å². The van der Waals surface area contributed by atoms with Crippen LogP contribution in [0.1, 0.15) is 36.8 Å². The predicted molar refractivity (Wildman–Crippen MR) is 84.4 cm³/mol. The molecule has 136 valence electrons. The number of carbonyl (C=O) groups is 2. The number of hydrogen-bond donors (Lipinski definition) is 2. The van der Waals surface area contributed by atoms with Gasteiger partial charge >= 0.3 is 18.2 Å². The Hall–Kier alpha value is -2.25. The zero-order chi connectivity index (χ0) is 18.2. The Labute approximate surface area is 142 Å². The molecule has 0 aromatic heterocycles. The third kappa shape index (κ3) is 3.57. The Morgan fingerprint density at radius 1 is 1.16 bits per heavy atom. The van der Waals surface area contributed by atoms with Crippen LogP contribution in [-0.4, -0.2) is 29.7 Å². The molecule has 0 saturated heterocycles. The van der Waals surface area contributed by atoms with E-state index in [4.69, 9.17) is 5.11 Å². The van der Waals surface area contributed by atoms with Crippen molar-refractivity contribution < 1.29 is 27.9 Å². The molecule has 0 unspecified atom stereocenters. The van der Waals surface area contributed by atoms with Gasteiger partial charge in [0.2, 0.25) is 0 Å². The molecule has 3 rings (SSSR count). The lowest BCUT2D eigenvalue weighted by Crippen LogP contribution is -2.46. The molecule has 2 aliphatic rings. The maximum atomic E-state index is 13.1. The number of carboxylic acid groups (broad SMARTS) is 1. The monoisotopic (exact) mass is 356 g/mol. The number of urea groups is 1. The van der Waals surface area contributed by atoms with Gasteiger partial charge in [-0.25, -0.2) is 4.79 Å². The van der Waals surface area contributed by atoms with Gasteiger partial charge in [0.05, 0.1) is 11.5 Å². The average molecular weight is 356 g/mol. The van der Waals surface area contributed by atoms with E-state index < -0.39 is 23.7 Å². The Balaban J connectivity index is 1.67. The first kappa shape index (κ1) is 17.6. The van der Waals surface area contributed by atoms with E-state index in [9.17, 15) is 22.8 Å². The van der Waals surface area contributed by atoms with Crippen molar-refractivity contribution >= 4 is 17.7 Å². The third-order valence-corrected chi connectivity index (χ3v) is 4.98. The lowest BCUT2D eigenvalue weighted by Gasteiger charge is -2.29. The van der Waals surface area contributed by atoms with E-state index in [2.05, 4.69) is 5.32 Å². The number of rotatable bonds is 2. The number of amides is 2. The minimum atomic E-state index is -4.44. The van der Waals surface area contributed by atoms with E-state index >= 15 is 0 Å². The van der Waals surface area contributed by atoms with Crippen molar-refractivity contribution in [2.45, 2.75) is 44.3 Å². The highest BCUT2D eigenvalue weighted by atomic mass is 19.4. The number of carboxylic acids is 1. The number of carbonyl (C=O) groups excluding carboxylic acids is 1. The summed E-state index contributed by atoms with van der Waals surface area (Å²) >= 11 is 0. The summed E-state index contributed by atoms with van der Waals surface area (Å²) in [5.74, 6) is -1.20. The van der Waals surface area contributed by atoms with E-state index in [-0.39, 0.29) is 30.5 Å². The zero-order valence-electron chi connectivity index (χ0n) is 13.5. The highest BCUT2D eigenvalue weighted by molar-refractivity contribution is 5.94. The van der Waals surface area contributed by atoms with Crippen LogP contribution < -0.4 is 10.2 Å². The summed E-state index contributed by atoms with van der Waals surface area (Å²) in [7, 11) is 0. The molecule has 5 nitrogen and oxygen atoms in total. The van der Waals surface area contributed by atoms with Crippen LogP contribution in [0.3, 0.4) is 0 Å². The molecule has 1 saturated carbocycles. The second-order valence-corrected chi connectivity index (χ2v) is 6.54. The van der Waals surface area contributed by atoms with E-state index in [0.29, 0.717) is 31.4 Å². The van der Waals surface area contributed by atoms with Gasteiger partial charge < -0.3 is 10.4 Å². The molecule has 0 radical (unpaired) electrons. The number of nitrogens with zero attached hydrogens (tertiary/aromatic N) is 1. The first-order valence-corrected chi connectivity index (χ1v) is 8.27. The second-order valence-electron chi connectivity index (χ2n) is 6.54. The van der Waals surface area contributed by atoms with Crippen molar-refractivity contribution in [1.29, 1.82) is 0 Å². The smallest absolute Gasteiger partial charge is 0.416 e. The van der Waals surface area contributed by atoms with E-state index in [1.165, 1.54) is 17.0 Å². The summed E-state index contributed by atoms with van der Waals surface area (Å²) in [4.78, 5) is 24.8. The summed E-state index contributed by atoms with van der Waals surface area (Å²) in [5.41, 5.74) is -0.242. The lowest BCUT2D eigenvalue weighted by molar-refractivity contribution is -0.143. The molecule has 0 bridgehead atoms. The first-order valence-electron chi connectivity index (χ1n) is 8.27. The molecule has 2 N–H and O–H groups in total. The fraction of sp³-hybridized carbons (Fsp3) is 0.529. The van der Waals surface area contributed by atoms with Gasteiger partial charge in [-0.15, -0.1) is 0 Å². The highest BCUT2D eigenvalue weighted by Crippen LogP contribution is 2.39. The number of benzene rings is 1. The SMILES string of the molecule is O=C(O)C1CCC(NC(=O)N2CCc3c2cccc3C(F)(F)F)CC1. The molecule has 0 atom stereocenters.